The zero-order valence-corrected chi connectivity index (χ0v) is 12.9. The number of hydrogen-bond acceptors (Lipinski definition) is 5. The van der Waals surface area contributed by atoms with Crippen molar-refractivity contribution in [1.29, 1.82) is 0 Å². The lowest BCUT2D eigenvalue weighted by atomic mass is 9.95. The van der Waals surface area contributed by atoms with Crippen molar-refractivity contribution in [1.82, 2.24) is 14.9 Å². The smallest absolute Gasteiger partial charge is 0.260 e. The van der Waals surface area contributed by atoms with Crippen molar-refractivity contribution in [2.75, 3.05) is 6.61 Å². The van der Waals surface area contributed by atoms with E-state index in [1.807, 2.05) is 13.8 Å². The lowest BCUT2D eigenvalue weighted by Crippen LogP contribution is -2.46. The van der Waals surface area contributed by atoms with Crippen LogP contribution in [0.5, 0.6) is 0 Å². The highest BCUT2D eigenvalue weighted by atomic mass is 32.2. The molecule has 2 heterocycles. The second-order valence-electron chi connectivity index (χ2n) is 5.76. The maximum Gasteiger partial charge on any atom is 0.260 e. The minimum atomic E-state index is -3.66. The number of nitrogens with one attached hydrogen (secondary N) is 2. The first kappa shape index (κ1) is 15.4. The number of aryl methyl sites for hydroxylation is 1. The summed E-state index contributed by atoms with van der Waals surface area (Å²) in [5.41, 5.74) is 6.49. The Balaban J connectivity index is 2.19. The van der Waals surface area contributed by atoms with Crippen molar-refractivity contribution in [3.8, 4) is 0 Å². The fourth-order valence-corrected chi connectivity index (χ4v) is 3.98. The molecule has 7 nitrogen and oxygen atoms in total. The summed E-state index contributed by atoms with van der Waals surface area (Å²) in [4.78, 5) is 0. The second kappa shape index (κ2) is 5.44. The number of rotatable bonds is 4. The Morgan fingerprint density at radius 1 is 1.55 bits per heavy atom. The Morgan fingerprint density at radius 3 is 2.85 bits per heavy atom. The predicted octanol–water partition coefficient (Wildman–Crippen LogP) is 0.413. The van der Waals surface area contributed by atoms with Gasteiger partial charge in [-0.3, -0.25) is 5.10 Å². The molecule has 1 aliphatic rings. The van der Waals surface area contributed by atoms with Crippen molar-refractivity contribution in [3.05, 3.63) is 11.3 Å². The van der Waals surface area contributed by atoms with Crippen molar-refractivity contribution in [2.45, 2.75) is 56.8 Å². The largest absolute Gasteiger partial charge is 0.375 e. The van der Waals surface area contributed by atoms with Crippen LogP contribution in [0, 0.1) is 6.92 Å². The lowest BCUT2D eigenvalue weighted by molar-refractivity contribution is -0.0599. The molecule has 0 spiro atoms. The van der Waals surface area contributed by atoms with Gasteiger partial charge in [0.2, 0.25) is 0 Å². The van der Waals surface area contributed by atoms with Gasteiger partial charge in [0.1, 0.15) is 0 Å². The molecule has 0 aliphatic carbocycles. The van der Waals surface area contributed by atoms with Crippen LogP contribution in [0.2, 0.25) is 0 Å². The van der Waals surface area contributed by atoms with E-state index in [-0.39, 0.29) is 23.2 Å². The molecule has 20 heavy (non-hydrogen) atoms. The molecule has 114 valence electrons. The van der Waals surface area contributed by atoms with Crippen LogP contribution in [-0.4, -0.2) is 36.9 Å². The summed E-state index contributed by atoms with van der Waals surface area (Å²) < 4.78 is 33.1. The molecule has 1 atom stereocenters. The number of ether oxygens (including phenoxy) is 1. The minimum Gasteiger partial charge on any atom is -0.375 e. The van der Waals surface area contributed by atoms with E-state index in [1.165, 1.54) is 0 Å². The average Bonchev–Trinajstić information content (AvgIpc) is 2.69. The molecule has 0 saturated carbocycles. The molecular formula is C12H22N4O3S. The van der Waals surface area contributed by atoms with Crippen LogP contribution in [0.25, 0.3) is 0 Å². The zero-order chi connectivity index (χ0) is 15.0. The van der Waals surface area contributed by atoms with Crippen molar-refractivity contribution in [3.63, 3.8) is 0 Å². The molecule has 0 amide bonds. The number of aromatic nitrogens is 2. The summed E-state index contributed by atoms with van der Waals surface area (Å²) in [7, 11) is -3.66. The molecule has 1 aliphatic heterocycles. The minimum absolute atomic E-state index is 0.00166. The Labute approximate surface area is 119 Å². The van der Waals surface area contributed by atoms with Gasteiger partial charge in [-0.05, 0) is 33.6 Å². The van der Waals surface area contributed by atoms with Crippen LogP contribution in [-0.2, 0) is 21.3 Å². The molecule has 0 bridgehead atoms. The standard InChI is InChI=1S/C12H22N4O3S/c1-8-10(7-13)11(15-14-8)20(17,18)16-9-4-5-19-12(2,3)6-9/h9,16H,4-7,13H2,1-3H3,(H,14,15). The molecule has 4 N–H and O–H groups in total. The molecule has 0 aromatic carbocycles. The van der Waals surface area contributed by atoms with Gasteiger partial charge >= 0.3 is 0 Å². The van der Waals surface area contributed by atoms with Crippen LogP contribution in [0.4, 0.5) is 0 Å². The summed E-state index contributed by atoms with van der Waals surface area (Å²) >= 11 is 0. The highest BCUT2D eigenvalue weighted by Gasteiger charge is 2.33. The number of nitrogens with two attached hydrogens (primary N) is 1. The van der Waals surface area contributed by atoms with Crippen molar-refractivity contribution in [2.24, 2.45) is 5.73 Å². The van der Waals surface area contributed by atoms with Gasteiger partial charge in [0.25, 0.3) is 10.0 Å². The monoisotopic (exact) mass is 302 g/mol. The molecule has 0 radical (unpaired) electrons. The Kier molecular flexibility index (Phi) is 4.19. The molecule has 1 saturated heterocycles. The van der Waals surface area contributed by atoms with E-state index in [9.17, 15) is 8.42 Å². The van der Waals surface area contributed by atoms with Gasteiger partial charge < -0.3 is 10.5 Å². The third-order valence-corrected chi connectivity index (χ3v) is 5.00. The molecule has 1 aromatic heterocycles. The topological polar surface area (TPSA) is 110 Å². The summed E-state index contributed by atoms with van der Waals surface area (Å²) in [5.74, 6) is 0. The lowest BCUT2D eigenvalue weighted by Gasteiger charge is -2.35. The Bertz CT molecular complexity index is 580. The van der Waals surface area contributed by atoms with Crippen molar-refractivity contribution >= 4 is 10.0 Å². The highest BCUT2D eigenvalue weighted by molar-refractivity contribution is 7.89. The summed E-state index contributed by atoms with van der Waals surface area (Å²) in [6.07, 6.45) is 1.29. The van der Waals surface area contributed by atoms with Gasteiger partial charge in [-0.1, -0.05) is 0 Å². The first-order valence-corrected chi connectivity index (χ1v) is 8.14. The fraction of sp³-hybridized carbons (Fsp3) is 0.750. The van der Waals surface area contributed by atoms with Crippen LogP contribution in [0.3, 0.4) is 0 Å². The van der Waals surface area contributed by atoms with E-state index >= 15 is 0 Å². The van der Waals surface area contributed by atoms with Gasteiger partial charge in [-0.15, -0.1) is 0 Å². The second-order valence-corrected chi connectivity index (χ2v) is 7.38. The van der Waals surface area contributed by atoms with Crippen LogP contribution in [0.15, 0.2) is 5.03 Å². The van der Waals surface area contributed by atoms with Gasteiger partial charge in [0.05, 0.1) is 5.60 Å². The molecule has 8 heteroatoms. The number of aromatic amines is 1. The number of H-pyrrole nitrogens is 1. The van der Waals surface area contributed by atoms with Gasteiger partial charge in [0, 0.05) is 30.5 Å². The molecule has 1 unspecified atom stereocenters. The number of nitrogens with zero attached hydrogens (tertiary/aromatic N) is 1. The molecule has 2 rings (SSSR count). The van der Waals surface area contributed by atoms with E-state index in [2.05, 4.69) is 14.9 Å². The fourth-order valence-electron chi connectivity index (χ4n) is 2.50. The maximum absolute atomic E-state index is 12.4. The van der Waals surface area contributed by atoms with Gasteiger partial charge in [-0.2, -0.15) is 5.10 Å². The first-order chi connectivity index (χ1) is 9.25. The average molecular weight is 302 g/mol. The quantitative estimate of drug-likeness (QED) is 0.746. The zero-order valence-electron chi connectivity index (χ0n) is 12.1. The predicted molar refractivity (Wildman–Crippen MR) is 74.6 cm³/mol. The SMILES string of the molecule is Cc1[nH]nc(S(=O)(=O)NC2CCOC(C)(C)C2)c1CN. The van der Waals surface area contributed by atoms with Crippen LogP contribution >= 0.6 is 0 Å². The van der Waals surface area contributed by atoms with E-state index in [1.54, 1.807) is 6.92 Å². The molecular weight excluding hydrogens is 280 g/mol. The third kappa shape index (κ3) is 3.20. The number of hydrogen-bond donors (Lipinski definition) is 3. The molecule has 1 fully saturated rings. The third-order valence-electron chi connectivity index (χ3n) is 3.51. The number of sulfonamides is 1. The summed E-state index contributed by atoms with van der Waals surface area (Å²) in [6.45, 7) is 6.35. The Morgan fingerprint density at radius 2 is 2.25 bits per heavy atom. The van der Waals surface area contributed by atoms with Gasteiger partial charge in [0.15, 0.2) is 5.03 Å². The van der Waals surface area contributed by atoms with Crippen molar-refractivity contribution < 1.29 is 13.2 Å². The first-order valence-electron chi connectivity index (χ1n) is 6.65. The highest BCUT2D eigenvalue weighted by Crippen LogP contribution is 2.25. The normalized spacial score (nSPS) is 22.9. The summed E-state index contributed by atoms with van der Waals surface area (Å²) in [6, 6.07) is -0.147. The van der Waals surface area contributed by atoms with Crippen LogP contribution in [0.1, 0.15) is 37.9 Å². The maximum atomic E-state index is 12.4. The van der Waals surface area contributed by atoms with E-state index in [0.29, 0.717) is 30.7 Å². The van der Waals surface area contributed by atoms with Gasteiger partial charge in [-0.25, -0.2) is 13.1 Å². The summed E-state index contributed by atoms with van der Waals surface area (Å²) in [5, 5.41) is 6.55. The van der Waals surface area contributed by atoms with E-state index in [0.717, 1.165) is 0 Å². The molecule has 1 aromatic rings. The van der Waals surface area contributed by atoms with E-state index < -0.39 is 10.0 Å². The van der Waals surface area contributed by atoms with E-state index in [4.69, 9.17) is 10.5 Å². The van der Waals surface area contributed by atoms with Crippen LogP contribution < -0.4 is 10.5 Å². The Hall–Kier alpha value is -0.960.